The van der Waals surface area contributed by atoms with Crippen molar-refractivity contribution < 1.29 is 28.1 Å². The fourth-order valence-electron chi connectivity index (χ4n) is 7.08. The highest BCUT2D eigenvalue weighted by Gasteiger charge is 2.34. The lowest BCUT2D eigenvalue weighted by Crippen LogP contribution is -2.41. The van der Waals surface area contributed by atoms with Gasteiger partial charge in [-0.15, -0.1) is 11.8 Å². The molecule has 0 bridgehead atoms. The monoisotopic (exact) mass is 637 g/mol. The topological polar surface area (TPSA) is 51.2 Å². The van der Waals surface area contributed by atoms with Crippen molar-refractivity contribution in [1.29, 1.82) is 0 Å². The molecule has 6 rings (SSSR count). The predicted molar refractivity (Wildman–Crippen MR) is 175 cm³/mol. The van der Waals surface area contributed by atoms with Gasteiger partial charge < -0.3 is 19.3 Å². The van der Waals surface area contributed by atoms with Gasteiger partial charge in [0.15, 0.2) is 0 Å². The van der Waals surface area contributed by atoms with Crippen LogP contribution >= 0.6 is 11.8 Å². The lowest BCUT2D eigenvalue weighted by molar-refractivity contribution is -0.0605. The maximum Gasteiger partial charge on any atom is 0.129 e. The normalized spacial score (nSPS) is 27.6. The number of benzene rings is 3. The molecule has 3 heterocycles. The first-order valence-electron chi connectivity index (χ1n) is 16.3. The number of nitrogens with zero attached hydrogens (tertiary/aromatic N) is 1. The number of likely N-dealkylation sites (tertiary alicyclic amines) is 1. The maximum atomic E-state index is 14.2. The molecular weight excluding hydrogens is 592 g/mol. The van der Waals surface area contributed by atoms with Gasteiger partial charge in [-0.1, -0.05) is 44.2 Å². The SMILES string of the molecule is CS[C@@H]1C[C@H](O)C[C@H](c2ccc(C(C)C)c(Cc3ccc(O[C@@H]4CCN([C@@H]5CC[C@@H](c6cc(F)ccc6F)OC5)C4)cc3)c2)O1. The van der Waals surface area contributed by atoms with E-state index in [9.17, 15) is 13.9 Å². The highest BCUT2D eigenvalue weighted by molar-refractivity contribution is 7.99. The van der Waals surface area contributed by atoms with Gasteiger partial charge in [0.2, 0.25) is 0 Å². The van der Waals surface area contributed by atoms with E-state index in [1.54, 1.807) is 11.8 Å². The number of rotatable bonds is 9. The Balaban J connectivity index is 1.03. The Morgan fingerprint density at radius 1 is 0.978 bits per heavy atom. The van der Waals surface area contributed by atoms with Gasteiger partial charge >= 0.3 is 0 Å². The van der Waals surface area contributed by atoms with E-state index in [0.29, 0.717) is 37.4 Å². The van der Waals surface area contributed by atoms with Gasteiger partial charge in [-0.25, -0.2) is 8.78 Å². The van der Waals surface area contributed by atoms with Crippen molar-refractivity contribution in [2.24, 2.45) is 0 Å². The van der Waals surface area contributed by atoms with Gasteiger partial charge in [-0.3, -0.25) is 4.90 Å². The van der Waals surface area contributed by atoms with Crippen LogP contribution in [0.1, 0.15) is 91.9 Å². The number of hydrogen-bond acceptors (Lipinski definition) is 6. The number of aliphatic hydroxyl groups is 1. The Kier molecular flexibility index (Phi) is 10.5. The summed E-state index contributed by atoms with van der Waals surface area (Å²) in [6.07, 6.45) is 5.94. The van der Waals surface area contributed by atoms with E-state index < -0.39 is 17.7 Å². The molecule has 0 aromatic heterocycles. The molecule has 242 valence electrons. The summed E-state index contributed by atoms with van der Waals surface area (Å²) in [5.74, 6) is 0.433. The predicted octanol–water partition coefficient (Wildman–Crippen LogP) is 7.95. The average Bonchev–Trinajstić information content (AvgIpc) is 3.51. The van der Waals surface area contributed by atoms with Crippen LogP contribution in [0.15, 0.2) is 60.7 Å². The Labute approximate surface area is 270 Å². The molecule has 8 heteroatoms. The zero-order chi connectivity index (χ0) is 31.5. The number of thioether (sulfide) groups is 1. The third-order valence-electron chi connectivity index (χ3n) is 9.56. The van der Waals surface area contributed by atoms with E-state index in [1.165, 1.54) is 28.8 Å². The molecule has 5 nitrogen and oxygen atoms in total. The first kappa shape index (κ1) is 32.5. The van der Waals surface area contributed by atoms with Crippen molar-refractivity contribution in [3.63, 3.8) is 0 Å². The summed E-state index contributed by atoms with van der Waals surface area (Å²) < 4.78 is 46.6. The van der Waals surface area contributed by atoms with Crippen molar-refractivity contribution in [3.05, 3.63) is 100 Å². The minimum atomic E-state index is -0.435. The van der Waals surface area contributed by atoms with Gasteiger partial charge in [-0.2, -0.15) is 0 Å². The third kappa shape index (κ3) is 7.91. The fraction of sp³-hybridized carbons (Fsp3) is 0.514. The van der Waals surface area contributed by atoms with Crippen molar-refractivity contribution in [2.75, 3.05) is 26.0 Å². The molecule has 3 fully saturated rings. The van der Waals surface area contributed by atoms with Crippen LogP contribution < -0.4 is 4.74 Å². The molecule has 0 unspecified atom stereocenters. The lowest BCUT2D eigenvalue weighted by Gasteiger charge is -2.35. The third-order valence-corrected chi connectivity index (χ3v) is 10.4. The van der Waals surface area contributed by atoms with Crippen molar-refractivity contribution in [3.8, 4) is 5.75 Å². The largest absolute Gasteiger partial charge is 0.489 e. The van der Waals surface area contributed by atoms with Gasteiger partial charge in [0.25, 0.3) is 0 Å². The van der Waals surface area contributed by atoms with E-state index in [2.05, 4.69) is 61.2 Å². The molecule has 0 amide bonds. The summed E-state index contributed by atoms with van der Waals surface area (Å²) in [5.41, 5.74) is 5.33. The molecule has 0 saturated carbocycles. The number of ether oxygens (including phenoxy) is 3. The summed E-state index contributed by atoms with van der Waals surface area (Å²) >= 11 is 1.66. The zero-order valence-electron chi connectivity index (χ0n) is 26.5. The van der Waals surface area contributed by atoms with Crippen LogP contribution in [0.4, 0.5) is 8.78 Å². The number of halogens is 2. The summed E-state index contributed by atoms with van der Waals surface area (Å²) in [5, 5.41) is 10.4. The molecule has 3 aromatic carbocycles. The average molecular weight is 638 g/mol. The molecular formula is C37H45F2NO4S. The summed E-state index contributed by atoms with van der Waals surface area (Å²) in [6.45, 7) is 6.73. The molecule has 3 aliphatic heterocycles. The molecule has 6 atom stereocenters. The molecule has 3 aromatic rings. The van der Waals surface area contributed by atoms with E-state index in [0.717, 1.165) is 49.7 Å². The summed E-state index contributed by atoms with van der Waals surface area (Å²) in [4.78, 5) is 2.41. The molecule has 45 heavy (non-hydrogen) atoms. The number of aliphatic hydroxyl groups excluding tert-OH is 1. The van der Waals surface area contributed by atoms with Gasteiger partial charge in [0.1, 0.15) is 28.9 Å². The van der Waals surface area contributed by atoms with Crippen molar-refractivity contribution in [1.82, 2.24) is 4.90 Å². The highest BCUT2D eigenvalue weighted by atomic mass is 32.2. The van der Waals surface area contributed by atoms with E-state index in [4.69, 9.17) is 14.2 Å². The Bertz CT molecular complexity index is 1430. The second-order valence-electron chi connectivity index (χ2n) is 13.1. The second-order valence-corrected chi connectivity index (χ2v) is 14.1. The minimum absolute atomic E-state index is 0.0209. The van der Waals surface area contributed by atoms with Crippen LogP contribution in [0, 0.1) is 11.6 Å². The summed E-state index contributed by atoms with van der Waals surface area (Å²) in [6, 6.07) is 19.0. The molecule has 0 aliphatic carbocycles. The van der Waals surface area contributed by atoms with Crippen LogP contribution in [0.2, 0.25) is 0 Å². The quantitative estimate of drug-likeness (QED) is 0.257. The van der Waals surface area contributed by atoms with Crippen LogP contribution in [0.3, 0.4) is 0 Å². The second kappa shape index (κ2) is 14.5. The molecule has 0 spiro atoms. The Hall–Kier alpha value is -2.49. The molecule has 3 aliphatic rings. The molecule has 0 radical (unpaired) electrons. The van der Waals surface area contributed by atoms with E-state index in [1.807, 2.05) is 6.26 Å². The minimum Gasteiger partial charge on any atom is -0.489 e. The van der Waals surface area contributed by atoms with Crippen LogP contribution in [0.25, 0.3) is 0 Å². The maximum absolute atomic E-state index is 14.2. The standard InChI is InChI=1S/C37H45F2NO4S/c1-23(2)32-11-6-25(36-19-29(41)20-37(44-36)45-3)17-26(32)16-24-4-9-30(10-5-24)43-31-14-15-40(21-31)28-8-13-35(42-22-28)33-18-27(38)7-12-34(33)39/h4-7,9-12,17-18,23,28-29,31,35-37,41H,8,13-16,19-22H2,1-3H3/t28-,29-,31-,35+,36-,37-/m1/s1. The van der Waals surface area contributed by atoms with Crippen molar-refractivity contribution >= 4 is 11.8 Å². The van der Waals surface area contributed by atoms with Crippen LogP contribution in [-0.2, 0) is 15.9 Å². The van der Waals surface area contributed by atoms with E-state index >= 15 is 0 Å². The molecule has 3 saturated heterocycles. The fourth-order valence-corrected chi connectivity index (χ4v) is 7.74. The Morgan fingerprint density at radius 3 is 2.53 bits per heavy atom. The number of hydrogen-bond donors (Lipinski definition) is 1. The van der Waals surface area contributed by atoms with Crippen molar-refractivity contribution in [2.45, 2.75) is 94.2 Å². The first-order valence-corrected chi connectivity index (χ1v) is 17.6. The summed E-state index contributed by atoms with van der Waals surface area (Å²) in [7, 11) is 0. The van der Waals surface area contributed by atoms with Gasteiger partial charge in [0.05, 0.1) is 24.9 Å². The zero-order valence-corrected chi connectivity index (χ0v) is 27.3. The van der Waals surface area contributed by atoms with Gasteiger partial charge in [-0.05, 0) is 90.4 Å². The Morgan fingerprint density at radius 2 is 1.80 bits per heavy atom. The first-order chi connectivity index (χ1) is 21.7. The molecule has 1 N–H and O–H groups in total. The highest BCUT2D eigenvalue weighted by Crippen LogP contribution is 2.37. The van der Waals surface area contributed by atoms with Crippen LogP contribution in [0.5, 0.6) is 5.75 Å². The van der Waals surface area contributed by atoms with E-state index in [-0.39, 0.29) is 29.8 Å². The lowest BCUT2D eigenvalue weighted by atomic mass is 9.89. The smallest absolute Gasteiger partial charge is 0.129 e. The van der Waals surface area contributed by atoms with Gasteiger partial charge in [0, 0.05) is 37.5 Å². The van der Waals surface area contributed by atoms with Crippen LogP contribution in [-0.4, -0.2) is 59.6 Å².